The third-order valence-corrected chi connectivity index (χ3v) is 6.99. The van der Waals surface area contributed by atoms with Crippen LogP contribution in [0.1, 0.15) is 40.2 Å². The SMILES string of the molecule is Cc1c(S(=O)(=O)O)ncc(C(=O)N2CCC(c3ccc(F)cc3)CC2)c1Nc1cccc(F)c1F. The highest BCUT2D eigenvalue weighted by molar-refractivity contribution is 7.85. The van der Waals surface area contributed by atoms with E-state index in [1.54, 1.807) is 17.0 Å². The molecule has 2 heterocycles. The third kappa shape index (κ3) is 5.15. The van der Waals surface area contributed by atoms with Crippen molar-refractivity contribution < 1.29 is 30.9 Å². The number of likely N-dealkylation sites (tertiary alicyclic amines) is 1. The summed E-state index contributed by atoms with van der Waals surface area (Å²) in [5, 5.41) is 1.90. The maximum atomic E-state index is 14.3. The molecule has 0 radical (unpaired) electrons. The topological polar surface area (TPSA) is 99.6 Å². The van der Waals surface area contributed by atoms with Crippen molar-refractivity contribution in [1.29, 1.82) is 0 Å². The fourth-order valence-electron chi connectivity index (χ4n) is 4.23. The van der Waals surface area contributed by atoms with Gasteiger partial charge in [0, 0.05) is 24.8 Å². The van der Waals surface area contributed by atoms with Gasteiger partial charge in [0.05, 0.1) is 16.9 Å². The third-order valence-electron chi connectivity index (χ3n) is 6.09. The fourth-order valence-corrected chi connectivity index (χ4v) is 4.91. The first-order chi connectivity index (χ1) is 16.6. The fraction of sp³-hybridized carbons (Fsp3) is 0.250. The Bertz CT molecular complexity index is 1370. The average molecular weight is 506 g/mol. The summed E-state index contributed by atoms with van der Waals surface area (Å²) < 4.78 is 74.3. The minimum atomic E-state index is -4.75. The molecule has 1 aliphatic heterocycles. The summed E-state index contributed by atoms with van der Waals surface area (Å²) in [6, 6.07) is 9.61. The van der Waals surface area contributed by atoms with Crippen LogP contribution in [0.15, 0.2) is 53.7 Å². The number of carbonyl (C=O) groups is 1. The largest absolute Gasteiger partial charge is 0.352 e. The highest BCUT2D eigenvalue weighted by Gasteiger charge is 2.29. The highest BCUT2D eigenvalue weighted by Crippen LogP contribution is 2.33. The number of benzene rings is 2. The molecule has 2 aromatic carbocycles. The van der Waals surface area contributed by atoms with Crippen LogP contribution in [0, 0.1) is 24.4 Å². The molecule has 0 unspecified atom stereocenters. The molecule has 0 atom stereocenters. The number of piperidine rings is 1. The predicted molar refractivity (Wildman–Crippen MR) is 123 cm³/mol. The first kappa shape index (κ1) is 24.7. The van der Waals surface area contributed by atoms with E-state index in [0.717, 1.165) is 17.8 Å². The Kier molecular flexibility index (Phi) is 6.82. The van der Waals surface area contributed by atoms with Gasteiger partial charge in [0.25, 0.3) is 5.91 Å². The molecular formula is C24H22F3N3O4S. The molecule has 184 valence electrons. The molecule has 1 fully saturated rings. The summed E-state index contributed by atoms with van der Waals surface area (Å²) >= 11 is 0. The summed E-state index contributed by atoms with van der Waals surface area (Å²) in [7, 11) is -4.75. The van der Waals surface area contributed by atoms with Gasteiger partial charge in [-0.1, -0.05) is 18.2 Å². The summed E-state index contributed by atoms with van der Waals surface area (Å²) in [5.41, 5.74) is 0.367. The zero-order valence-electron chi connectivity index (χ0n) is 18.6. The quantitative estimate of drug-likeness (QED) is 0.483. The van der Waals surface area contributed by atoms with Crippen LogP contribution in [-0.2, 0) is 10.1 Å². The Labute approximate surface area is 200 Å². The van der Waals surface area contributed by atoms with Crippen molar-refractivity contribution in [3.8, 4) is 0 Å². The maximum absolute atomic E-state index is 14.3. The number of nitrogens with one attached hydrogen (secondary N) is 1. The molecule has 0 spiro atoms. The molecule has 1 amide bonds. The van der Waals surface area contributed by atoms with E-state index in [4.69, 9.17) is 0 Å². The van der Waals surface area contributed by atoms with Gasteiger partial charge in [0.2, 0.25) is 0 Å². The lowest BCUT2D eigenvalue weighted by Gasteiger charge is -2.33. The zero-order chi connectivity index (χ0) is 25.3. The minimum absolute atomic E-state index is 0.0567. The Morgan fingerprint density at radius 1 is 1.09 bits per heavy atom. The number of rotatable bonds is 5. The molecule has 2 N–H and O–H groups in total. The van der Waals surface area contributed by atoms with Crippen molar-refractivity contribution in [3.05, 3.63) is 82.8 Å². The van der Waals surface area contributed by atoms with Crippen molar-refractivity contribution in [2.45, 2.75) is 30.7 Å². The van der Waals surface area contributed by atoms with Gasteiger partial charge < -0.3 is 10.2 Å². The molecule has 11 heteroatoms. The van der Waals surface area contributed by atoms with E-state index < -0.39 is 32.7 Å². The van der Waals surface area contributed by atoms with Crippen molar-refractivity contribution in [2.24, 2.45) is 0 Å². The Morgan fingerprint density at radius 3 is 2.37 bits per heavy atom. The van der Waals surface area contributed by atoms with E-state index in [1.165, 1.54) is 31.2 Å². The molecule has 0 saturated carbocycles. The lowest BCUT2D eigenvalue weighted by Crippen LogP contribution is -2.38. The van der Waals surface area contributed by atoms with Crippen LogP contribution in [0.4, 0.5) is 24.5 Å². The number of hydrogen-bond acceptors (Lipinski definition) is 5. The number of anilines is 2. The molecule has 1 saturated heterocycles. The van der Waals surface area contributed by atoms with Crippen LogP contribution in [0.3, 0.4) is 0 Å². The Morgan fingerprint density at radius 2 is 1.74 bits per heavy atom. The van der Waals surface area contributed by atoms with Crippen LogP contribution in [-0.4, -0.2) is 41.9 Å². The summed E-state index contributed by atoms with van der Waals surface area (Å²) in [6.45, 7) is 2.04. The first-order valence-electron chi connectivity index (χ1n) is 10.8. The molecule has 3 aromatic rings. The van der Waals surface area contributed by atoms with E-state index in [2.05, 4.69) is 10.3 Å². The van der Waals surface area contributed by atoms with Crippen molar-refractivity contribution in [3.63, 3.8) is 0 Å². The second-order valence-electron chi connectivity index (χ2n) is 8.30. The minimum Gasteiger partial charge on any atom is -0.352 e. The monoisotopic (exact) mass is 505 g/mol. The molecule has 1 aliphatic rings. The number of pyridine rings is 1. The standard InChI is InChI=1S/C24H22F3N3O4S/c1-14-22(29-20-4-2-3-19(26)21(20)27)18(13-28-23(14)35(32,33)34)24(31)30-11-9-16(10-12-30)15-5-7-17(25)8-6-15/h2-8,13,16H,9-12H2,1H3,(H,28,29)(H,32,33,34). The maximum Gasteiger partial charge on any atom is 0.312 e. The predicted octanol–water partition coefficient (Wildman–Crippen LogP) is 4.82. The number of carbonyl (C=O) groups excluding carboxylic acids is 1. The molecule has 1 aromatic heterocycles. The van der Waals surface area contributed by atoms with Gasteiger partial charge in [-0.15, -0.1) is 0 Å². The lowest BCUT2D eigenvalue weighted by molar-refractivity contribution is 0.0713. The summed E-state index contributed by atoms with van der Waals surface area (Å²) in [4.78, 5) is 18.7. The van der Waals surface area contributed by atoms with Gasteiger partial charge in [0.1, 0.15) is 5.82 Å². The first-order valence-corrected chi connectivity index (χ1v) is 12.2. The van der Waals surface area contributed by atoms with Crippen LogP contribution < -0.4 is 5.32 Å². The van der Waals surface area contributed by atoms with Gasteiger partial charge >= 0.3 is 10.1 Å². The number of amides is 1. The second kappa shape index (κ2) is 9.67. The van der Waals surface area contributed by atoms with Gasteiger partial charge in [-0.3, -0.25) is 9.35 Å². The lowest BCUT2D eigenvalue weighted by atomic mass is 9.89. The smallest absolute Gasteiger partial charge is 0.312 e. The molecule has 35 heavy (non-hydrogen) atoms. The Hall–Kier alpha value is -3.44. The van der Waals surface area contributed by atoms with E-state index in [-0.39, 0.29) is 34.2 Å². The van der Waals surface area contributed by atoms with Gasteiger partial charge in [-0.2, -0.15) is 8.42 Å². The molecule has 4 rings (SSSR count). The van der Waals surface area contributed by atoms with Crippen LogP contribution >= 0.6 is 0 Å². The van der Waals surface area contributed by atoms with E-state index in [1.807, 2.05) is 0 Å². The van der Waals surface area contributed by atoms with Crippen LogP contribution in [0.5, 0.6) is 0 Å². The van der Waals surface area contributed by atoms with Gasteiger partial charge in [-0.25, -0.2) is 18.2 Å². The van der Waals surface area contributed by atoms with Crippen molar-refractivity contribution >= 4 is 27.4 Å². The Balaban J connectivity index is 1.64. The number of hydrogen-bond donors (Lipinski definition) is 2. The average Bonchev–Trinajstić information content (AvgIpc) is 2.82. The van der Waals surface area contributed by atoms with Crippen LogP contribution in [0.2, 0.25) is 0 Å². The van der Waals surface area contributed by atoms with Crippen LogP contribution in [0.25, 0.3) is 0 Å². The molecule has 7 nitrogen and oxygen atoms in total. The second-order valence-corrected chi connectivity index (χ2v) is 9.63. The number of nitrogens with zero attached hydrogens (tertiary/aromatic N) is 2. The van der Waals surface area contributed by atoms with E-state index in [9.17, 15) is 30.9 Å². The summed E-state index contributed by atoms with van der Waals surface area (Å²) in [6.07, 6.45) is 2.23. The molecular weight excluding hydrogens is 483 g/mol. The molecule has 0 bridgehead atoms. The van der Waals surface area contributed by atoms with Crippen molar-refractivity contribution in [2.75, 3.05) is 18.4 Å². The number of aromatic nitrogens is 1. The van der Waals surface area contributed by atoms with E-state index >= 15 is 0 Å². The zero-order valence-corrected chi connectivity index (χ0v) is 19.4. The van der Waals surface area contributed by atoms with Crippen molar-refractivity contribution in [1.82, 2.24) is 9.88 Å². The van der Waals surface area contributed by atoms with E-state index in [0.29, 0.717) is 25.9 Å². The van der Waals surface area contributed by atoms with Gasteiger partial charge in [-0.05, 0) is 55.5 Å². The molecule has 0 aliphatic carbocycles. The normalized spacial score (nSPS) is 14.7. The summed E-state index contributed by atoms with van der Waals surface area (Å²) in [5.74, 6) is -3.02. The highest BCUT2D eigenvalue weighted by atomic mass is 32.2. The van der Waals surface area contributed by atoms with Gasteiger partial charge in [0.15, 0.2) is 16.7 Å². The number of halogens is 3.